The first-order chi connectivity index (χ1) is 12.8. The van der Waals surface area contributed by atoms with E-state index in [-0.39, 0.29) is 5.92 Å². The summed E-state index contributed by atoms with van der Waals surface area (Å²) < 4.78 is 5.54. The third-order valence-corrected chi connectivity index (χ3v) is 5.06. The lowest BCUT2D eigenvalue weighted by Gasteiger charge is -2.30. The monoisotopic (exact) mass is 368 g/mol. The van der Waals surface area contributed by atoms with E-state index >= 15 is 0 Å². The minimum atomic E-state index is 0.257. The molecule has 1 fully saturated rings. The molecule has 1 saturated heterocycles. The molecule has 4 heterocycles. The molecule has 0 radical (unpaired) electrons. The highest BCUT2D eigenvalue weighted by atomic mass is 32.2. The van der Waals surface area contributed by atoms with Gasteiger partial charge in [0.15, 0.2) is 5.16 Å². The summed E-state index contributed by atoms with van der Waals surface area (Å²) in [6.07, 6.45) is 11.5. The van der Waals surface area contributed by atoms with Crippen LogP contribution in [0.1, 0.15) is 30.2 Å². The molecule has 3 aromatic rings. The Hall–Kier alpha value is -2.32. The van der Waals surface area contributed by atoms with Crippen LogP contribution in [-0.4, -0.2) is 49.3 Å². The molecule has 0 aliphatic carbocycles. The van der Waals surface area contributed by atoms with Crippen LogP contribution >= 0.6 is 11.8 Å². The van der Waals surface area contributed by atoms with Crippen LogP contribution in [0.25, 0.3) is 11.4 Å². The third-order valence-electron chi connectivity index (χ3n) is 4.49. The lowest BCUT2D eigenvalue weighted by molar-refractivity contribution is 0.180. The van der Waals surface area contributed by atoms with Crippen molar-refractivity contribution in [1.82, 2.24) is 30.0 Å². The SMILES string of the molecule is CSc1ncc(CN2CCCC(c3nc(-c4cccnc4)no3)C2)cn1. The predicted molar refractivity (Wildman–Crippen MR) is 98.6 cm³/mol. The number of thioether (sulfide) groups is 1. The minimum Gasteiger partial charge on any atom is -0.339 e. The first-order valence-corrected chi connectivity index (χ1v) is 9.85. The highest BCUT2D eigenvalue weighted by Crippen LogP contribution is 2.28. The highest BCUT2D eigenvalue weighted by molar-refractivity contribution is 7.98. The third kappa shape index (κ3) is 3.91. The summed E-state index contributed by atoms with van der Waals surface area (Å²) in [5, 5.41) is 4.93. The van der Waals surface area contributed by atoms with Gasteiger partial charge in [0.1, 0.15) is 0 Å². The molecule has 1 unspecified atom stereocenters. The van der Waals surface area contributed by atoms with Crippen molar-refractivity contribution in [3.8, 4) is 11.4 Å². The van der Waals surface area contributed by atoms with E-state index < -0.39 is 0 Å². The normalized spacial score (nSPS) is 18.1. The number of hydrogen-bond acceptors (Lipinski definition) is 8. The fraction of sp³-hybridized carbons (Fsp3) is 0.389. The smallest absolute Gasteiger partial charge is 0.231 e. The molecule has 1 atom stereocenters. The molecule has 7 nitrogen and oxygen atoms in total. The van der Waals surface area contributed by atoms with Gasteiger partial charge in [-0.05, 0) is 37.8 Å². The number of piperidine rings is 1. The Balaban J connectivity index is 1.42. The maximum absolute atomic E-state index is 5.54. The largest absolute Gasteiger partial charge is 0.339 e. The second-order valence-corrected chi connectivity index (χ2v) is 7.12. The molecule has 0 bridgehead atoms. The topological polar surface area (TPSA) is 80.8 Å². The second kappa shape index (κ2) is 7.92. The van der Waals surface area contributed by atoms with Gasteiger partial charge in [0.25, 0.3) is 0 Å². The lowest BCUT2D eigenvalue weighted by Crippen LogP contribution is -2.34. The molecule has 1 aliphatic rings. The van der Waals surface area contributed by atoms with Crippen molar-refractivity contribution in [1.29, 1.82) is 0 Å². The Morgan fingerprint density at radius 3 is 2.92 bits per heavy atom. The molecule has 8 heteroatoms. The van der Waals surface area contributed by atoms with Gasteiger partial charge in [0.05, 0.1) is 5.92 Å². The number of hydrogen-bond donors (Lipinski definition) is 0. The Labute approximate surface area is 156 Å². The summed E-state index contributed by atoms with van der Waals surface area (Å²) in [5.41, 5.74) is 2.01. The minimum absolute atomic E-state index is 0.257. The van der Waals surface area contributed by atoms with Gasteiger partial charge in [-0.15, -0.1) is 0 Å². The first-order valence-electron chi connectivity index (χ1n) is 8.63. The van der Waals surface area contributed by atoms with Gasteiger partial charge < -0.3 is 4.52 Å². The van der Waals surface area contributed by atoms with Gasteiger partial charge in [-0.25, -0.2) is 9.97 Å². The summed E-state index contributed by atoms with van der Waals surface area (Å²) in [6, 6.07) is 3.81. The van der Waals surface area contributed by atoms with Crippen molar-refractivity contribution < 1.29 is 4.52 Å². The molecule has 3 aromatic heterocycles. The van der Waals surface area contributed by atoms with Crippen molar-refractivity contribution >= 4 is 11.8 Å². The molecular formula is C18H20N6OS. The number of nitrogens with zero attached hydrogens (tertiary/aromatic N) is 6. The summed E-state index contributed by atoms with van der Waals surface area (Å²) in [6.45, 7) is 2.80. The molecule has 0 spiro atoms. The molecule has 4 rings (SSSR count). The van der Waals surface area contributed by atoms with E-state index in [0.29, 0.717) is 11.7 Å². The summed E-state index contributed by atoms with van der Waals surface area (Å²) in [7, 11) is 0. The van der Waals surface area contributed by atoms with Crippen LogP contribution in [0.15, 0.2) is 46.6 Å². The molecule has 1 aliphatic heterocycles. The molecule has 0 N–H and O–H groups in total. The summed E-state index contributed by atoms with van der Waals surface area (Å²) >= 11 is 1.55. The van der Waals surface area contributed by atoms with E-state index in [4.69, 9.17) is 4.52 Å². The van der Waals surface area contributed by atoms with Crippen molar-refractivity contribution in [2.75, 3.05) is 19.3 Å². The summed E-state index contributed by atoms with van der Waals surface area (Å²) in [5.74, 6) is 1.57. The fourth-order valence-corrected chi connectivity index (χ4v) is 3.52. The average molecular weight is 368 g/mol. The van der Waals surface area contributed by atoms with Crippen molar-refractivity contribution in [3.63, 3.8) is 0 Å². The number of likely N-dealkylation sites (tertiary alicyclic amines) is 1. The van der Waals surface area contributed by atoms with Crippen LogP contribution in [0.3, 0.4) is 0 Å². The van der Waals surface area contributed by atoms with Crippen LogP contribution in [-0.2, 0) is 6.54 Å². The quantitative estimate of drug-likeness (QED) is 0.502. The zero-order valence-corrected chi connectivity index (χ0v) is 15.4. The number of aromatic nitrogens is 5. The van der Waals surface area contributed by atoms with Crippen LogP contribution in [0.4, 0.5) is 0 Å². The zero-order chi connectivity index (χ0) is 17.8. The van der Waals surface area contributed by atoms with Crippen molar-refractivity contribution in [2.24, 2.45) is 0 Å². The molecule has 0 amide bonds. The summed E-state index contributed by atoms with van der Waals surface area (Å²) in [4.78, 5) is 19.8. The Kier molecular flexibility index (Phi) is 5.21. The van der Waals surface area contributed by atoms with Gasteiger partial charge in [-0.1, -0.05) is 16.9 Å². The van der Waals surface area contributed by atoms with Crippen LogP contribution in [0.5, 0.6) is 0 Å². The van der Waals surface area contributed by atoms with E-state index in [9.17, 15) is 0 Å². The van der Waals surface area contributed by atoms with Gasteiger partial charge in [-0.2, -0.15) is 4.98 Å². The average Bonchev–Trinajstić information content (AvgIpc) is 3.20. The van der Waals surface area contributed by atoms with Crippen LogP contribution in [0.2, 0.25) is 0 Å². The van der Waals surface area contributed by atoms with E-state index in [0.717, 1.165) is 48.8 Å². The lowest BCUT2D eigenvalue weighted by atomic mass is 9.97. The van der Waals surface area contributed by atoms with Gasteiger partial charge in [0, 0.05) is 49.0 Å². The Bertz CT molecular complexity index is 838. The van der Waals surface area contributed by atoms with E-state index in [1.807, 2.05) is 30.8 Å². The first kappa shape index (κ1) is 17.1. The molecule has 0 aromatic carbocycles. The van der Waals surface area contributed by atoms with E-state index in [1.165, 1.54) is 0 Å². The van der Waals surface area contributed by atoms with Crippen LogP contribution < -0.4 is 0 Å². The van der Waals surface area contributed by atoms with Crippen molar-refractivity contribution in [2.45, 2.75) is 30.5 Å². The Morgan fingerprint density at radius 2 is 2.15 bits per heavy atom. The Morgan fingerprint density at radius 1 is 1.27 bits per heavy atom. The number of pyridine rings is 1. The predicted octanol–water partition coefficient (Wildman–Crippen LogP) is 3.02. The van der Waals surface area contributed by atoms with Crippen LogP contribution in [0, 0.1) is 0 Å². The zero-order valence-electron chi connectivity index (χ0n) is 14.6. The molecule has 134 valence electrons. The molecule has 26 heavy (non-hydrogen) atoms. The standard InChI is InChI=1S/C18H20N6OS/c1-26-18-20-8-13(9-21-18)11-24-7-3-5-15(12-24)17-22-16(23-25-17)14-4-2-6-19-10-14/h2,4,6,8-10,15H,3,5,7,11-12H2,1H3. The highest BCUT2D eigenvalue weighted by Gasteiger charge is 2.26. The molecule has 0 saturated carbocycles. The van der Waals surface area contributed by atoms with Gasteiger partial charge in [0.2, 0.25) is 11.7 Å². The fourth-order valence-electron chi connectivity index (χ4n) is 3.20. The van der Waals surface area contributed by atoms with E-state index in [1.54, 1.807) is 24.2 Å². The van der Waals surface area contributed by atoms with Gasteiger partial charge in [-0.3, -0.25) is 9.88 Å². The second-order valence-electron chi connectivity index (χ2n) is 6.35. The van der Waals surface area contributed by atoms with E-state index in [2.05, 4.69) is 30.0 Å². The molecular weight excluding hydrogens is 348 g/mol. The number of rotatable bonds is 5. The maximum Gasteiger partial charge on any atom is 0.231 e. The van der Waals surface area contributed by atoms with Crippen molar-refractivity contribution in [3.05, 3.63) is 48.4 Å². The maximum atomic E-state index is 5.54. The van der Waals surface area contributed by atoms with Gasteiger partial charge >= 0.3 is 0 Å².